The van der Waals surface area contributed by atoms with Crippen LogP contribution in [-0.2, 0) is 42.7 Å². The zero-order valence-electron chi connectivity index (χ0n) is 22.3. The van der Waals surface area contributed by atoms with Crippen molar-refractivity contribution in [1.82, 2.24) is 0 Å². The lowest BCUT2D eigenvalue weighted by Gasteiger charge is -2.33. The molecular weight excluding hydrogens is 510 g/mol. The van der Waals surface area contributed by atoms with Crippen molar-refractivity contribution in [2.45, 2.75) is 31.3 Å². The van der Waals surface area contributed by atoms with Gasteiger partial charge in [0.1, 0.15) is 42.7 Å². The summed E-state index contributed by atoms with van der Waals surface area (Å²) in [5.41, 5.74) is 0.975. The average Bonchev–Trinajstić information content (AvgIpc) is 3.76. The fourth-order valence-electron chi connectivity index (χ4n) is 3.64. The second kappa shape index (κ2) is 14.8. The topological polar surface area (TPSA) is 145 Å². The number of epoxide rings is 3. The van der Waals surface area contributed by atoms with Gasteiger partial charge in [0.2, 0.25) is 0 Å². The van der Waals surface area contributed by atoms with Crippen LogP contribution in [0.15, 0.2) is 29.8 Å². The van der Waals surface area contributed by atoms with Crippen LogP contribution < -0.4 is 0 Å². The first-order chi connectivity index (χ1) is 18.9. The summed E-state index contributed by atoms with van der Waals surface area (Å²) in [6.07, 6.45) is 0.693. The number of aryl methyl sites for hydroxylation is 1. The van der Waals surface area contributed by atoms with Crippen molar-refractivity contribution < 1.29 is 47.8 Å². The molecule has 1 aromatic carbocycles. The standard InChI is InChI=1S/C28H37NO10/c1-20-2-4-21(5-3-20)6-22(7-29)27(31)39-9-23(30)8-32-16-28(17-33-10-24-13-36-24,18-34-11-25-14-37-25)19-35-12-26-15-38-26/h2-6,23-26,30H,8-19H2,1H3/b22-6+. The van der Waals surface area contributed by atoms with Gasteiger partial charge in [0, 0.05) is 0 Å². The molecular formula is C28H37NO10. The van der Waals surface area contributed by atoms with Crippen molar-refractivity contribution in [3.05, 3.63) is 41.0 Å². The molecule has 3 heterocycles. The normalized spacial score (nSPS) is 23.9. The van der Waals surface area contributed by atoms with Crippen molar-refractivity contribution in [3.63, 3.8) is 0 Å². The van der Waals surface area contributed by atoms with Crippen LogP contribution in [0, 0.1) is 23.7 Å². The second-order valence-electron chi connectivity index (χ2n) is 10.3. The Bertz CT molecular complexity index is 934. The maximum absolute atomic E-state index is 12.4. The molecule has 3 saturated heterocycles. The average molecular weight is 548 g/mol. The first-order valence-electron chi connectivity index (χ1n) is 13.1. The highest BCUT2D eigenvalue weighted by Crippen LogP contribution is 2.24. The van der Waals surface area contributed by atoms with Crippen LogP contribution >= 0.6 is 0 Å². The molecule has 39 heavy (non-hydrogen) atoms. The molecule has 0 spiro atoms. The maximum Gasteiger partial charge on any atom is 0.348 e. The van der Waals surface area contributed by atoms with Crippen LogP contribution in [-0.4, -0.2) is 115 Å². The van der Waals surface area contributed by atoms with E-state index in [0.717, 1.165) is 5.56 Å². The largest absolute Gasteiger partial charge is 0.459 e. The predicted octanol–water partition coefficient (Wildman–Crippen LogP) is 1.06. The molecule has 3 aliphatic heterocycles. The van der Waals surface area contributed by atoms with Gasteiger partial charge in [-0.15, -0.1) is 0 Å². The third-order valence-corrected chi connectivity index (χ3v) is 6.20. The summed E-state index contributed by atoms with van der Waals surface area (Å²) in [5, 5.41) is 19.8. The van der Waals surface area contributed by atoms with E-state index >= 15 is 0 Å². The number of aliphatic hydroxyl groups is 1. The fourth-order valence-corrected chi connectivity index (χ4v) is 3.64. The Morgan fingerprint density at radius 3 is 1.90 bits per heavy atom. The Balaban J connectivity index is 1.25. The van der Waals surface area contributed by atoms with Gasteiger partial charge in [-0.05, 0) is 18.6 Å². The molecule has 4 unspecified atom stereocenters. The highest BCUT2D eigenvalue weighted by molar-refractivity contribution is 5.97. The summed E-state index contributed by atoms with van der Waals surface area (Å²) in [5.74, 6) is -0.812. The van der Waals surface area contributed by atoms with E-state index in [1.165, 1.54) is 6.08 Å². The molecule has 3 fully saturated rings. The summed E-state index contributed by atoms with van der Waals surface area (Å²) in [6.45, 7) is 6.10. The number of carbonyl (C=O) groups is 1. The number of nitriles is 1. The summed E-state index contributed by atoms with van der Waals surface area (Å²) >= 11 is 0. The third-order valence-electron chi connectivity index (χ3n) is 6.20. The van der Waals surface area contributed by atoms with E-state index < -0.39 is 17.5 Å². The molecule has 0 amide bonds. The third kappa shape index (κ3) is 11.3. The minimum Gasteiger partial charge on any atom is -0.459 e. The monoisotopic (exact) mass is 547 g/mol. The molecule has 1 aromatic rings. The molecule has 214 valence electrons. The van der Waals surface area contributed by atoms with E-state index in [2.05, 4.69) is 0 Å². The minimum absolute atomic E-state index is 0.0954. The van der Waals surface area contributed by atoms with E-state index in [1.807, 2.05) is 25.1 Å². The van der Waals surface area contributed by atoms with Gasteiger partial charge in [-0.3, -0.25) is 0 Å². The van der Waals surface area contributed by atoms with Crippen molar-refractivity contribution >= 4 is 12.0 Å². The highest BCUT2D eigenvalue weighted by Gasteiger charge is 2.36. The highest BCUT2D eigenvalue weighted by atomic mass is 16.6. The van der Waals surface area contributed by atoms with E-state index in [1.54, 1.807) is 12.1 Å². The van der Waals surface area contributed by atoms with E-state index in [4.69, 9.17) is 37.9 Å². The molecule has 0 aliphatic carbocycles. The SMILES string of the molecule is Cc1ccc(/C=C(\C#N)C(=O)OCC(O)COCC(COCC2CO2)(COCC2CO2)COCC2CO2)cc1. The number of ether oxygens (including phenoxy) is 8. The number of aliphatic hydroxyl groups excluding tert-OH is 1. The van der Waals surface area contributed by atoms with Gasteiger partial charge in [-0.2, -0.15) is 5.26 Å². The Labute approximate surface area is 228 Å². The number of benzene rings is 1. The molecule has 1 N–H and O–H groups in total. The maximum atomic E-state index is 12.4. The van der Waals surface area contributed by atoms with Gasteiger partial charge in [-0.25, -0.2) is 4.79 Å². The van der Waals surface area contributed by atoms with Gasteiger partial charge in [0.05, 0.1) is 78.1 Å². The molecule has 0 saturated carbocycles. The minimum atomic E-state index is -1.09. The molecule has 0 radical (unpaired) electrons. The molecule has 11 nitrogen and oxygen atoms in total. The van der Waals surface area contributed by atoms with Gasteiger partial charge >= 0.3 is 5.97 Å². The zero-order chi connectivity index (χ0) is 27.5. The Morgan fingerprint density at radius 2 is 1.44 bits per heavy atom. The lowest BCUT2D eigenvalue weighted by molar-refractivity contribution is -0.144. The fraction of sp³-hybridized carbons (Fsp3) is 0.643. The summed E-state index contributed by atoms with van der Waals surface area (Å²) in [7, 11) is 0. The number of carbonyl (C=O) groups excluding carboxylic acids is 1. The summed E-state index contributed by atoms with van der Waals surface area (Å²) in [6, 6.07) is 9.23. The second-order valence-corrected chi connectivity index (χ2v) is 10.3. The number of hydrogen-bond acceptors (Lipinski definition) is 11. The number of nitrogens with zero attached hydrogens (tertiary/aromatic N) is 1. The molecule has 4 rings (SSSR count). The van der Waals surface area contributed by atoms with Gasteiger partial charge in [0.15, 0.2) is 0 Å². The van der Waals surface area contributed by atoms with Crippen LogP contribution in [0.4, 0.5) is 0 Å². The van der Waals surface area contributed by atoms with E-state index in [9.17, 15) is 15.2 Å². The Kier molecular flexibility index (Phi) is 11.3. The number of hydrogen-bond donors (Lipinski definition) is 1. The quantitative estimate of drug-likeness (QED) is 0.108. The predicted molar refractivity (Wildman–Crippen MR) is 137 cm³/mol. The van der Waals surface area contributed by atoms with E-state index in [0.29, 0.717) is 65.0 Å². The molecule has 0 bridgehead atoms. The van der Waals surface area contributed by atoms with Crippen LogP contribution in [0.3, 0.4) is 0 Å². The number of rotatable bonds is 20. The van der Waals surface area contributed by atoms with Gasteiger partial charge in [-0.1, -0.05) is 29.8 Å². The summed E-state index contributed by atoms with van der Waals surface area (Å²) < 4.78 is 44.4. The van der Waals surface area contributed by atoms with Crippen molar-refractivity contribution in [3.8, 4) is 6.07 Å². The molecule has 0 aromatic heterocycles. The molecule has 11 heteroatoms. The number of esters is 1. The van der Waals surface area contributed by atoms with Crippen molar-refractivity contribution in [2.24, 2.45) is 5.41 Å². The van der Waals surface area contributed by atoms with E-state index in [-0.39, 0.29) is 43.7 Å². The lowest BCUT2D eigenvalue weighted by Crippen LogP contribution is -2.43. The molecule has 4 atom stereocenters. The van der Waals surface area contributed by atoms with Gasteiger partial charge < -0.3 is 43.0 Å². The van der Waals surface area contributed by atoms with Crippen molar-refractivity contribution in [1.29, 1.82) is 5.26 Å². The molecule has 3 aliphatic rings. The van der Waals surface area contributed by atoms with Crippen LogP contribution in [0.1, 0.15) is 11.1 Å². The zero-order valence-corrected chi connectivity index (χ0v) is 22.3. The van der Waals surface area contributed by atoms with Crippen LogP contribution in [0.25, 0.3) is 6.08 Å². The first kappa shape index (κ1) is 29.6. The van der Waals surface area contributed by atoms with Crippen LogP contribution in [0.2, 0.25) is 0 Å². The summed E-state index contributed by atoms with van der Waals surface area (Å²) in [4.78, 5) is 12.4. The lowest BCUT2D eigenvalue weighted by atomic mass is 9.92. The van der Waals surface area contributed by atoms with Gasteiger partial charge in [0.25, 0.3) is 0 Å². The Hall–Kier alpha value is -2.40. The first-order valence-corrected chi connectivity index (χ1v) is 13.1. The Morgan fingerprint density at radius 1 is 0.949 bits per heavy atom. The van der Waals surface area contributed by atoms with Crippen LogP contribution in [0.5, 0.6) is 0 Å². The smallest absolute Gasteiger partial charge is 0.348 e. The van der Waals surface area contributed by atoms with Crippen molar-refractivity contribution in [2.75, 3.05) is 79.3 Å².